The number of hydrogen-bond acceptors (Lipinski definition) is 3. The first kappa shape index (κ1) is 13.3. The van der Waals surface area contributed by atoms with Crippen LogP contribution in [0.3, 0.4) is 0 Å². The Bertz CT molecular complexity index is 315. The zero-order valence-corrected chi connectivity index (χ0v) is 11.0. The third-order valence-electron chi connectivity index (χ3n) is 3.72. The highest BCUT2D eigenvalue weighted by atomic mass is 16.2. The molecule has 2 aliphatic rings. The quantitative estimate of drug-likeness (QED) is 0.605. The van der Waals surface area contributed by atoms with Gasteiger partial charge in [0.05, 0.1) is 6.04 Å². The summed E-state index contributed by atoms with van der Waals surface area (Å²) in [5.74, 6) is 0.816. The van der Waals surface area contributed by atoms with E-state index in [1.165, 1.54) is 0 Å². The Kier molecular flexibility index (Phi) is 4.58. The van der Waals surface area contributed by atoms with Gasteiger partial charge in [-0.3, -0.25) is 9.59 Å². The fourth-order valence-electron chi connectivity index (χ4n) is 2.37. The molecule has 0 radical (unpaired) electrons. The van der Waals surface area contributed by atoms with Crippen LogP contribution in [0.15, 0.2) is 0 Å². The van der Waals surface area contributed by atoms with E-state index in [4.69, 9.17) is 0 Å². The van der Waals surface area contributed by atoms with Crippen molar-refractivity contribution in [2.24, 2.45) is 11.8 Å². The minimum absolute atomic E-state index is 0.0582. The van der Waals surface area contributed by atoms with E-state index in [-0.39, 0.29) is 23.8 Å². The molecule has 1 saturated heterocycles. The van der Waals surface area contributed by atoms with Crippen LogP contribution in [0.2, 0.25) is 0 Å². The summed E-state index contributed by atoms with van der Waals surface area (Å²) < 4.78 is 0. The van der Waals surface area contributed by atoms with Crippen LogP contribution in [0, 0.1) is 11.8 Å². The molecule has 1 aliphatic carbocycles. The number of carbonyl (C=O) groups excluding carboxylic acids is 2. The van der Waals surface area contributed by atoms with Gasteiger partial charge >= 0.3 is 0 Å². The van der Waals surface area contributed by atoms with Gasteiger partial charge in [0.25, 0.3) is 0 Å². The Hall–Kier alpha value is -1.10. The van der Waals surface area contributed by atoms with Gasteiger partial charge in [0.2, 0.25) is 11.8 Å². The molecular weight excluding hydrogens is 230 g/mol. The molecule has 3 N–H and O–H groups in total. The zero-order valence-electron chi connectivity index (χ0n) is 11.0. The van der Waals surface area contributed by atoms with Gasteiger partial charge in [-0.05, 0) is 38.1 Å². The number of amides is 2. The van der Waals surface area contributed by atoms with Gasteiger partial charge in [-0.15, -0.1) is 0 Å². The van der Waals surface area contributed by atoms with Crippen molar-refractivity contribution in [1.82, 2.24) is 16.0 Å². The standard InChI is InChI=1S/C13H23N3O2/c1-9-3-2-6-14-11(9)13(18)16-8-7-15-12(17)10-4-5-10/h9-11,14H,2-8H2,1H3,(H,15,17)(H,16,18). The molecule has 1 aliphatic heterocycles. The Balaban J connectivity index is 1.60. The highest BCUT2D eigenvalue weighted by Crippen LogP contribution is 2.28. The molecule has 102 valence electrons. The van der Waals surface area contributed by atoms with Crippen molar-refractivity contribution in [1.29, 1.82) is 0 Å². The van der Waals surface area contributed by atoms with Gasteiger partial charge in [-0.25, -0.2) is 0 Å². The Morgan fingerprint density at radius 1 is 1.11 bits per heavy atom. The van der Waals surface area contributed by atoms with Crippen LogP contribution in [0.5, 0.6) is 0 Å². The van der Waals surface area contributed by atoms with Crippen molar-refractivity contribution in [2.75, 3.05) is 19.6 Å². The summed E-state index contributed by atoms with van der Waals surface area (Å²) in [6, 6.07) is -0.0714. The van der Waals surface area contributed by atoms with Crippen molar-refractivity contribution >= 4 is 11.8 Å². The number of rotatable bonds is 5. The molecule has 0 aromatic heterocycles. The molecule has 5 heteroatoms. The molecule has 0 bridgehead atoms. The molecule has 5 nitrogen and oxygen atoms in total. The summed E-state index contributed by atoms with van der Waals surface area (Å²) in [6.45, 7) is 4.07. The highest BCUT2D eigenvalue weighted by molar-refractivity contribution is 5.82. The normalized spacial score (nSPS) is 27.6. The van der Waals surface area contributed by atoms with Gasteiger partial charge in [-0.2, -0.15) is 0 Å². The lowest BCUT2D eigenvalue weighted by molar-refractivity contribution is -0.125. The molecule has 2 rings (SSSR count). The van der Waals surface area contributed by atoms with Crippen molar-refractivity contribution in [3.05, 3.63) is 0 Å². The van der Waals surface area contributed by atoms with Crippen LogP contribution in [0.25, 0.3) is 0 Å². The van der Waals surface area contributed by atoms with Crippen molar-refractivity contribution in [2.45, 2.75) is 38.6 Å². The van der Waals surface area contributed by atoms with E-state index >= 15 is 0 Å². The van der Waals surface area contributed by atoms with Crippen molar-refractivity contribution in [3.8, 4) is 0 Å². The summed E-state index contributed by atoms with van der Waals surface area (Å²) in [7, 11) is 0. The van der Waals surface area contributed by atoms with Gasteiger partial charge in [0.15, 0.2) is 0 Å². The largest absolute Gasteiger partial charge is 0.354 e. The lowest BCUT2D eigenvalue weighted by Crippen LogP contribution is -2.51. The fraction of sp³-hybridized carbons (Fsp3) is 0.846. The second-order valence-electron chi connectivity index (χ2n) is 5.41. The van der Waals surface area contributed by atoms with Crippen LogP contribution in [0.4, 0.5) is 0 Å². The first-order valence-electron chi connectivity index (χ1n) is 6.97. The van der Waals surface area contributed by atoms with E-state index in [1.54, 1.807) is 0 Å². The third kappa shape index (κ3) is 3.70. The minimum Gasteiger partial charge on any atom is -0.354 e. The van der Waals surface area contributed by atoms with Crippen LogP contribution < -0.4 is 16.0 Å². The Labute approximate surface area is 108 Å². The maximum Gasteiger partial charge on any atom is 0.237 e. The van der Waals surface area contributed by atoms with Crippen LogP contribution in [-0.2, 0) is 9.59 Å². The molecule has 2 unspecified atom stereocenters. The second kappa shape index (κ2) is 6.18. The smallest absolute Gasteiger partial charge is 0.237 e. The maximum absolute atomic E-state index is 11.9. The molecule has 0 aromatic carbocycles. The van der Waals surface area contributed by atoms with Gasteiger partial charge in [0.1, 0.15) is 0 Å². The second-order valence-corrected chi connectivity index (χ2v) is 5.41. The molecule has 1 heterocycles. The summed E-state index contributed by atoms with van der Waals surface area (Å²) in [4.78, 5) is 23.3. The molecule has 0 spiro atoms. The molecule has 18 heavy (non-hydrogen) atoms. The Morgan fingerprint density at radius 3 is 2.39 bits per heavy atom. The summed E-state index contributed by atoms with van der Waals surface area (Å²) in [5, 5.41) is 8.97. The first-order chi connectivity index (χ1) is 8.68. The topological polar surface area (TPSA) is 70.2 Å². The number of nitrogens with one attached hydrogen (secondary N) is 3. The van der Waals surface area contributed by atoms with E-state index in [9.17, 15) is 9.59 Å². The van der Waals surface area contributed by atoms with E-state index in [0.717, 1.165) is 32.2 Å². The number of carbonyl (C=O) groups is 2. The average molecular weight is 253 g/mol. The fourth-order valence-corrected chi connectivity index (χ4v) is 2.37. The molecular formula is C13H23N3O2. The SMILES string of the molecule is CC1CCCNC1C(=O)NCCNC(=O)C1CC1. The lowest BCUT2D eigenvalue weighted by Gasteiger charge is -2.28. The molecule has 0 aromatic rings. The predicted molar refractivity (Wildman–Crippen MR) is 68.9 cm³/mol. The van der Waals surface area contributed by atoms with Crippen LogP contribution >= 0.6 is 0 Å². The lowest BCUT2D eigenvalue weighted by atomic mass is 9.92. The Morgan fingerprint density at radius 2 is 1.78 bits per heavy atom. The third-order valence-corrected chi connectivity index (χ3v) is 3.72. The van der Waals surface area contributed by atoms with Crippen LogP contribution in [-0.4, -0.2) is 37.5 Å². The number of hydrogen-bond donors (Lipinski definition) is 3. The predicted octanol–water partition coefficient (Wildman–Crippen LogP) is 0.0169. The average Bonchev–Trinajstić information content (AvgIpc) is 3.19. The number of piperidine rings is 1. The highest BCUT2D eigenvalue weighted by Gasteiger charge is 2.29. The summed E-state index contributed by atoms with van der Waals surface area (Å²) in [6.07, 6.45) is 4.27. The minimum atomic E-state index is -0.0714. The zero-order chi connectivity index (χ0) is 13.0. The molecule has 2 atom stereocenters. The van der Waals surface area contributed by atoms with E-state index in [2.05, 4.69) is 22.9 Å². The molecule has 1 saturated carbocycles. The van der Waals surface area contributed by atoms with Gasteiger partial charge in [0, 0.05) is 19.0 Å². The van der Waals surface area contributed by atoms with E-state index < -0.39 is 0 Å². The molecule has 2 amide bonds. The molecule has 2 fully saturated rings. The van der Waals surface area contributed by atoms with Crippen molar-refractivity contribution in [3.63, 3.8) is 0 Å². The first-order valence-corrected chi connectivity index (χ1v) is 6.97. The van der Waals surface area contributed by atoms with Gasteiger partial charge < -0.3 is 16.0 Å². The monoisotopic (exact) mass is 253 g/mol. The summed E-state index contributed by atoms with van der Waals surface area (Å²) in [5.41, 5.74) is 0. The summed E-state index contributed by atoms with van der Waals surface area (Å²) >= 11 is 0. The van der Waals surface area contributed by atoms with E-state index in [0.29, 0.717) is 19.0 Å². The van der Waals surface area contributed by atoms with Crippen molar-refractivity contribution < 1.29 is 9.59 Å². The van der Waals surface area contributed by atoms with Gasteiger partial charge in [-0.1, -0.05) is 6.92 Å². The van der Waals surface area contributed by atoms with E-state index in [1.807, 2.05) is 0 Å². The maximum atomic E-state index is 11.9. The van der Waals surface area contributed by atoms with Crippen LogP contribution in [0.1, 0.15) is 32.6 Å².